The molecule has 0 aliphatic heterocycles. The van der Waals surface area contributed by atoms with Gasteiger partial charge < -0.3 is 0 Å². The number of halogens is 1. The van der Waals surface area contributed by atoms with E-state index < -0.39 is 0 Å². The SMILES string of the molecule is CCN(CC)Cc1cc(N(Sc2cccc3ccccc23)c2cc(C)nc3cc(Cl)ccc23)ccc1C. The van der Waals surface area contributed by atoms with Crippen molar-refractivity contribution in [2.45, 2.75) is 39.1 Å². The maximum Gasteiger partial charge on any atom is 0.0741 e. The zero-order valence-corrected chi connectivity index (χ0v) is 23.4. The van der Waals surface area contributed by atoms with Crippen molar-refractivity contribution in [3.63, 3.8) is 0 Å². The number of nitrogens with zero attached hydrogens (tertiary/aromatic N) is 3. The Morgan fingerprint density at radius 3 is 2.41 bits per heavy atom. The average molecular weight is 526 g/mol. The van der Waals surface area contributed by atoms with Gasteiger partial charge in [0, 0.05) is 27.5 Å². The summed E-state index contributed by atoms with van der Waals surface area (Å²) in [6.07, 6.45) is 0. The van der Waals surface area contributed by atoms with E-state index in [1.165, 1.54) is 26.8 Å². The fourth-order valence-electron chi connectivity index (χ4n) is 4.74. The van der Waals surface area contributed by atoms with Gasteiger partial charge in [-0.25, -0.2) is 0 Å². The Bertz CT molecular complexity index is 1550. The summed E-state index contributed by atoms with van der Waals surface area (Å²) in [6, 6.07) is 30.1. The van der Waals surface area contributed by atoms with Gasteiger partial charge in [-0.2, -0.15) is 0 Å². The van der Waals surface area contributed by atoms with Crippen molar-refractivity contribution in [3.05, 3.63) is 107 Å². The minimum Gasteiger partial charge on any atom is -0.300 e. The molecule has 0 bridgehead atoms. The number of rotatable bonds is 8. The largest absolute Gasteiger partial charge is 0.300 e. The topological polar surface area (TPSA) is 19.4 Å². The van der Waals surface area contributed by atoms with Crippen LogP contribution in [0.2, 0.25) is 5.02 Å². The number of aryl methyl sites for hydroxylation is 2. The summed E-state index contributed by atoms with van der Waals surface area (Å²) in [5.41, 5.74) is 6.78. The highest BCUT2D eigenvalue weighted by Crippen LogP contribution is 2.43. The Kier molecular flexibility index (Phi) is 7.71. The van der Waals surface area contributed by atoms with E-state index in [1.54, 1.807) is 11.9 Å². The molecule has 1 heterocycles. The number of aromatic nitrogens is 1. The lowest BCUT2D eigenvalue weighted by molar-refractivity contribution is 0.295. The standard InChI is InChI=1S/C32H32ClN3S/c1-5-35(6-2)21-25-19-27(16-14-22(25)3)36(37-32-13-9-11-24-10-7-8-12-28(24)32)31-18-23(4)34-30-20-26(33)15-17-29(30)31/h7-20H,5-6,21H2,1-4H3. The molecule has 5 heteroatoms. The minimum atomic E-state index is 0.696. The zero-order chi connectivity index (χ0) is 25.9. The molecule has 3 nitrogen and oxygen atoms in total. The Labute approximate surface area is 229 Å². The van der Waals surface area contributed by atoms with Crippen molar-refractivity contribution in [2.24, 2.45) is 0 Å². The second-order valence-electron chi connectivity index (χ2n) is 9.38. The lowest BCUT2D eigenvalue weighted by atomic mass is 10.1. The highest BCUT2D eigenvalue weighted by Gasteiger charge is 2.19. The third-order valence-corrected chi connectivity index (χ3v) is 8.27. The van der Waals surface area contributed by atoms with E-state index in [9.17, 15) is 0 Å². The van der Waals surface area contributed by atoms with Gasteiger partial charge in [-0.1, -0.05) is 67.9 Å². The molecular weight excluding hydrogens is 494 g/mol. The van der Waals surface area contributed by atoms with Crippen molar-refractivity contribution in [1.29, 1.82) is 0 Å². The molecule has 188 valence electrons. The van der Waals surface area contributed by atoms with Crippen LogP contribution in [0.4, 0.5) is 11.4 Å². The Morgan fingerprint density at radius 1 is 0.811 bits per heavy atom. The van der Waals surface area contributed by atoms with Crippen LogP contribution in [0.1, 0.15) is 30.7 Å². The smallest absolute Gasteiger partial charge is 0.0741 e. The van der Waals surface area contributed by atoms with Gasteiger partial charge in [0.15, 0.2) is 0 Å². The number of benzene rings is 4. The molecule has 0 radical (unpaired) electrons. The molecule has 37 heavy (non-hydrogen) atoms. The Hall–Kier alpha value is -3.05. The summed E-state index contributed by atoms with van der Waals surface area (Å²) in [5, 5.41) is 4.25. The number of hydrogen-bond acceptors (Lipinski definition) is 4. The molecule has 0 atom stereocenters. The van der Waals surface area contributed by atoms with Crippen LogP contribution in [-0.2, 0) is 6.54 Å². The molecule has 0 saturated carbocycles. The predicted octanol–water partition coefficient (Wildman–Crippen LogP) is 9.35. The van der Waals surface area contributed by atoms with E-state index in [2.05, 4.69) is 103 Å². The third-order valence-electron chi connectivity index (χ3n) is 6.89. The fraction of sp³-hybridized carbons (Fsp3) is 0.219. The number of anilines is 2. The number of hydrogen-bond donors (Lipinski definition) is 0. The maximum atomic E-state index is 6.37. The van der Waals surface area contributed by atoms with Crippen molar-refractivity contribution in [1.82, 2.24) is 9.88 Å². The molecule has 0 aliphatic rings. The molecule has 0 amide bonds. The first-order valence-corrected chi connectivity index (χ1v) is 14.0. The van der Waals surface area contributed by atoms with Crippen LogP contribution in [0.5, 0.6) is 0 Å². The molecule has 0 saturated heterocycles. The number of pyridine rings is 1. The molecule has 0 N–H and O–H groups in total. The van der Waals surface area contributed by atoms with Crippen LogP contribution in [0.3, 0.4) is 0 Å². The van der Waals surface area contributed by atoms with E-state index in [1.807, 2.05) is 19.1 Å². The molecule has 0 spiro atoms. The van der Waals surface area contributed by atoms with Gasteiger partial charge in [0.1, 0.15) is 0 Å². The van der Waals surface area contributed by atoms with Crippen LogP contribution in [0.25, 0.3) is 21.7 Å². The van der Waals surface area contributed by atoms with Gasteiger partial charge in [0.05, 0.1) is 16.9 Å². The monoisotopic (exact) mass is 525 g/mol. The van der Waals surface area contributed by atoms with Gasteiger partial charge in [-0.05, 0) is 103 Å². The molecule has 5 aromatic rings. The first kappa shape index (κ1) is 25.6. The van der Waals surface area contributed by atoms with Crippen LogP contribution in [0.15, 0.2) is 89.8 Å². The Balaban J connectivity index is 1.70. The van der Waals surface area contributed by atoms with Crippen molar-refractivity contribution >= 4 is 56.6 Å². The fourth-order valence-corrected chi connectivity index (χ4v) is 5.99. The lowest BCUT2D eigenvalue weighted by Gasteiger charge is -2.27. The van der Waals surface area contributed by atoms with Crippen LogP contribution in [-0.4, -0.2) is 23.0 Å². The molecule has 1 aromatic heterocycles. The van der Waals surface area contributed by atoms with Gasteiger partial charge in [0.2, 0.25) is 0 Å². The quantitative estimate of drug-likeness (QED) is 0.188. The summed E-state index contributed by atoms with van der Waals surface area (Å²) in [5.74, 6) is 0. The highest BCUT2D eigenvalue weighted by atomic mass is 35.5. The van der Waals surface area contributed by atoms with Gasteiger partial charge in [-0.3, -0.25) is 14.2 Å². The van der Waals surface area contributed by atoms with Crippen LogP contribution >= 0.6 is 23.5 Å². The predicted molar refractivity (Wildman–Crippen MR) is 161 cm³/mol. The highest BCUT2D eigenvalue weighted by molar-refractivity contribution is 8.01. The second-order valence-corrected chi connectivity index (χ2v) is 10.8. The molecule has 0 unspecified atom stereocenters. The summed E-state index contributed by atoms with van der Waals surface area (Å²) < 4.78 is 2.36. The summed E-state index contributed by atoms with van der Waals surface area (Å²) in [4.78, 5) is 8.47. The van der Waals surface area contributed by atoms with E-state index in [4.69, 9.17) is 16.6 Å². The van der Waals surface area contributed by atoms with Crippen molar-refractivity contribution in [3.8, 4) is 0 Å². The molecule has 4 aromatic carbocycles. The van der Waals surface area contributed by atoms with Crippen LogP contribution in [0, 0.1) is 13.8 Å². The van der Waals surface area contributed by atoms with E-state index >= 15 is 0 Å². The van der Waals surface area contributed by atoms with Gasteiger partial charge in [-0.15, -0.1) is 0 Å². The maximum absolute atomic E-state index is 6.37. The number of fused-ring (bicyclic) bond motifs is 2. The van der Waals surface area contributed by atoms with E-state index in [0.717, 1.165) is 47.6 Å². The van der Waals surface area contributed by atoms with Gasteiger partial charge >= 0.3 is 0 Å². The molecule has 5 rings (SSSR count). The van der Waals surface area contributed by atoms with E-state index in [0.29, 0.717) is 5.02 Å². The Morgan fingerprint density at radius 2 is 1.59 bits per heavy atom. The van der Waals surface area contributed by atoms with E-state index in [-0.39, 0.29) is 0 Å². The van der Waals surface area contributed by atoms with Crippen LogP contribution < -0.4 is 4.31 Å². The normalized spacial score (nSPS) is 11.5. The zero-order valence-electron chi connectivity index (χ0n) is 21.8. The van der Waals surface area contributed by atoms with Crippen molar-refractivity contribution < 1.29 is 0 Å². The second kappa shape index (κ2) is 11.1. The minimum absolute atomic E-state index is 0.696. The molecular formula is C32H32ClN3S. The summed E-state index contributed by atoms with van der Waals surface area (Å²) in [7, 11) is 0. The van der Waals surface area contributed by atoms with Gasteiger partial charge in [0.25, 0.3) is 0 Å². The first-order valence-electron chi connectivity index (χ1n) is 12.8. The van der Waals surface area contributed by atoms with Crippen molar-refractivity contribution in [2.75, 3.05) is 17.4 Å². The molecule has 0 aliphatic carbocycles. The average Bonchev–Trinajstić information content (AvgIpc) is 2.90. The lowest BCUT2D eigenvalue weighted by Crippen LogP contribution is -2.22. The summed E-state index contributed by atoms with van der Waals surface area (Å²) in [6.45, 7) is 11.7. The first-order chi connectivity index (χ1) is 18.0. The molecule has 0 fully saturated rings. The third kappa shape index (κ3) is 5.47. The summed E-state index contributed by atoms with van der Waals surface area (Å²) >= 11 is 8.12.